The predicted octanol–water partition coefficient (Wildman–Crippen LogP) is 6.36. The first kappa shape index (κ1) is 20.0. The van der Waals surface area contributed by atoms with Crippen molar-refractivity contribution in [2.24, 2.45) is 0 Å². The van der Waals surface area contributed by atoms with Crippen molar-refractivity contribution in [2.75, 3.05) is 0 Å². The van der Waals surface area contributed by atoms with Crippen LogP contribution < -0.4 is 9.47 Å². The monoisotopic (exact) mass is 468 g/mol. The van der Waals surface area contributed by atoms with Gasteiger partial charge >= 0.3 is 0 Å². The van der Waals surface area contributed by atoms with Gasteiger partial charge in [-0.15, -0.1) is 0 Å². The molecule has 0 aliphatic carbocycles. The summed E-state index contributed by atoms with van der Waals surface area (Å²) in [5.74, 6) is 1.20. The number of aromatic nitrogens is 2. The second-order valence-electron chi connectivity index (χ2n) is 6.62. The van der Waals surface area contributed by atoms with Gasteiger partial charge in [0.1, 0.15) is 35.4 Å². The first-order chi connectivity index (χ1) is 14.5. The van der Waals surface area contributed by atoms with E-state index in [0.717, 1.165) is 10.2 Å². The van der Waals surface area contributed by atoms with Crippen molar-refractivity contribution in [3.63, 3.8) is 0 Å². The van der Waals surface area contributed by atoms with Crippen LogP contribution in [0.2, 0.25) is 0 Å². The smallest absolute Gasteiger partial charge is 0.176 e. The molecule has 5 nitrogen and oxygen atoms in total. The quantitative estimate of drug-likeness (QED) is 0.345. The fourth-order valence-corrected chi connectivity index (χ4v) is 3.31. The maximum Gasteiger partial charge on any atom is 0.176 e. The van der Waals surface area contributed by atoms with Gasteiger partial charge in [0.2, 0.25) is 0 Å². The van der Waals surface area contributed by atoms with Crippen molar-refractivity contribution in [3.8, 4) is 34.3 Å². The Kier molecular flexibility index (Phi) is 5.72. The van der Waals surface area contributed by atoms with E-state index in [1.54, 1.807) is 30.3 Å². The number of aromatic amines is 1. The third-order valence-corrected chi connectivity index (χ3v) is 5.17. The second kappa shape index (κ2) is 8.59. The van der Waals surface area contributed by atoms with Gasteiger partial charge < -0.3 is 14.6 Å². The number of phenols is 1. The number of ether oxygens (including phenoxy) is 2. The van der Waals surface area contributed by atoms with Crippen LogP contribution in [-0.2, 0) is 6.61 Å². The fourth-order valence-electron chi connectivity index (χ4n) is 2.94. The van der Waals surface area contributed by atoms with E-state index >= 15 is 0 Å². The molecule has 3 aromatic carbocycles. The Balaban J connectivity index is 1.58. The summed E-state index contributed by atoms with van der Waals surface area (Å²) in [6.45, 7) is 1.90. The maximum atomic E-state index is 13.8. The lowest BCUT2D eigenvalue weighted by Gasteiger charge is -2.11. The van der Waals surface area contributed by atoms with Crippen molar-refractivity contribution < 1.29 is 19.0 Å². The van der Waals surface area contributed by atoms with Gasteiger partial charge in [-0.1, -0.05) is 30.3 Å². The summed E-state index contributed by atoms with van der Waals surface area (Å²) in [7, 11) is 0. The van der Waals surface area contributed by atoms with Crippen LogP contribution in [-0.4, -0.2) is 15.3 Å². The minimum atomic E-state index is -0.334. The summed E-state index contributed by atoms with van der Waals surface area (Å²) in [6.07, 6.45) is 0. The SMILES string of the molecule is Cc1[nH]nc(-c2ccc(OCc3ccccc3F)cc2O)c1Oc1ccccc1Br. The van der Waals surface area contributed by atoms with Gasteiger partial charge in [0, 0.05) is 17.2 Å². The number of halogens is 2. The lowest BCUT2D eigenvalue weighted by molar-refractivity contribution is 0.298. The van der Waals surface area contributed by atoms with Gasteiger partial charge in [-0.3, -0.25) is 5.10 Å². The zero-order chi connectivity index (χ0) is 21.1. The molecule has 0 saturated heterocycles. The fraction of sp³-hybridized carbons (Fsp3) is 0.0870. The number of nitrogens with one attached hydrogen (secondary N) is 1. The number of aryl methyl sites for hydroxylation is 1. The molecule has 0 aliphatic heterocycles. The lowest BCUT2D eigenvalue weighted by atomic mass is 10.1. The molecule has 0 spiro atoms. The Morgan fingerprint density at radius 2 is 1.83 bits per heavy atom. The van der Waals surface area contributed by atoms with Crippen LogP contribution in [0.15, 0.2) is 71.2 Å². The number of para-hydroxylation sites is 1. The molecule has 0 amide bonds. The lowest BCUT2D eigenvalue weighted by Crippen LogP contribution is -1.98. The van der Waals surface area contributed by atoms with Gasteiger partial charge in [-0.25, -0.2) is 4.39 Å². The highest BCUT2D eigenvalue weighted by molar-refractivity contribution is 9.10. The standard InChI is InChI=1S/C23H18BrFN2O3/c1-14-23(30-21-9-5-3-7-18(21)24)22(27-26-14)17-11-10-16(12-20(17)28)29-13-15-6-2-4-8-19(15)25/h2-12,28H,13H2,1H3,(H,26,27). The molecule has 1 heterocycles. The van der Waals surface area contributed by atoms with Gasteiger partial charge in [-0.05, 0) is 53.2 Å². The Labute approximate surface area is 181 Å². The van der Waals surface area contributed by atoms with E-state index in [1.807, 2.05) is 31.2 Å². The molecule has 0 aliphatic rings. The summed E-state index contributed by atoms with van der Waals surface area (Å²) in [6, 6.07) is 18.7. The number of hydrogen-bond donors (Lipinski definition) is 2. The summed E-state index contributed by atoms with van der Waals surface area (Å²) in [5.41, 5.74) is 2.12. The molecule has 7 heteroatoms. The second-order valence-corrected chi connectivity index (χ2v) is 7.47. The Hall–Kier alpha value is -3.32. The molecule has 30 heavy (non-hydrogen) atoms. The number of aromatic hydroxyl groups is 1. The minimum Gasteiger partial charge on any atom is -0.507 e. The molecule has 0 bridgehead atoms. The van der Waals surface area contributed by atoms with Gasteiger partial charge in [0.25, 0.3) is 0 Å². The van der Waals surface area contributed by atoms with E-state index in [2.05, 4.69) is 26.1 Å². The summed E-state index contributed by atoms with van der Waals surface area (Å²) < 4.78 is 26.2. The molecule has 4 aromatic rings. The number of H-pyrrole nitrogens is 1. The average molecular weight is 469 g/mol. The highest BCUT2D eigenvalue weighted by atomic mass is 79.9. The van der Waals surface area contributed by atoms with E-state index in [1.165, 1.54) is 12.1 Å². The van der Waals surface area contributed by atoms with Gasteiger partial charge in [-0.2, -0.15) is 5.10 Å². The van der Waals surface area contributed by atoms with E-state index in [0.29, 0.717) is 34.1 Å². The molecule has 152 valence electrons. The number of hydrogen-bond acceptors (Lipinski definition) is 4. The van der Waals surface area contributed by atoms with Crippen LogP contribution >= 0.6 is 15.9 Å². The zero-order valence-electron chi connectivity index (χ0n) is 16.0. The van der Waals surface area contributed by atoms with Crippen molar-refractivity contribution in [2.45, 2.75) is 13.5 Å². The summed E-state index contributed by atoms with van der Waals surface area (Å²) in [4.78, 5) is 0. The third kappa shape index (κ3) is 4.16. The van der Waals surface area contributed by atoms with Crippen LogP contribution in [0.3, 0.4) is 0 Å². The average Bonchev–Trinajstić information content (AvgIpc) is 3.09. The van der Waals surface area contributed by atoms with Crippen LogP contribution in [0.25, 0.3) is 11.3 Å². The summed E-state index contributed by atoms with van der Waals surface area (Å²) in [5, 5.41) is 17.8. The Morgan fingerprint density at radius 3 is 2.60 bits per heavy atom. The molecule has 4 rings (SSSR count). The van der Waals surface area contributed by atoms with E-state index in [9.17, 15) is 9.50 Å². The van der Waals surface area contributed by atoms with Crippen LogP contribution in [0.4, 0.5) is 4.39 Å². The molecule has 0 radical (unpaired) electrons. The normalized spacial score (nSPS) is 10.8. The van der Waals surface area contributed by atoms with Crippen LogP contribution in [0.1, 0.15) is 11.3 Å². The van der Waals surface area contributed by atoms with Crippen molar-refractivity contribution in [1.29, 1.82) is 0 Å². The molecule has 1 aromatic heterocycles. The Bertz CT molecular complexity index is 1190. The van der Waals surface area contributed by atoms with Crippen molar-refractivity contribution in [3.05, 3.63) is 88.3 Å². The molecule has 0 atom stereocenters. The van der Waals surface area contributed by atoms with E-state index < -0.39 is 0 Å². The molecule has 0 fully saturated rings. The molecule has 0 saturated carbocycles. The highest BCUT2D eigenvalue weighted by Crippen LogP contribution is 2.41. The molecule has 0 unspecified atom stereocenters. The Morgan fingerprint density at radius 1 is 1.07 bits per heavy atom. The number of phenolic OH excluding ortho intramolecular Hbond substituents is 1. The number of nitrogens with zero attached hydrogens (tertiary/aromatic N) is 1. The minimum absolute atomic E-state index is 0.0236. The maximum absolute atomic E-state index is 13.8. The van der Waals surface area contributed by atoms with Crippen LogP contribution in [0.5, 0.6) is 23.0 Å². The number of benzene rings is 3. The molecule has 2 N–H and O–H groups in total. The molecular weight excluding hydrogens is 451 g/mol. The third-order valence-electron chi connectivity index (χ3n) is 4.52. The van der Waals surface area contributed by atoms with E-state index in [-0.39, 0.29) is 18.2 Å². The first-order valence-electron chi connectivity index (χ1n) is 9.20. The van der Waals surface area contributed by atoms with Crippen molar-refractivity contribution >= 4 is 15.9 Å². The number of rotatable bonds is 6. The van der Waals surface area contributed by atoms with Gasteiger partial charge in [0.05, 0.1) is 10.2 Å². The van der Waals surface area contributed by atoms with Crippen molar-refractivity contribution in [1.82, 2.24) is 10.2 Å². The largest absolute Gasteiger partial charge is 0.507 e. The topological polar surface area (TPSA) is 67.4 Å². The molecular formula is C23H18BrFN2O3. The first-order valence-corrected chi connectivity index (χ1v) is 9.99. The van der Waals surface area contributed by atoms with Crippen LogP contribution in [0, 0.1) is 12.7 Å². The van der Waals surface area contributed by atoms with Gasteiger partial charge in [0.15, 0.2) is 5.75 Å². The zero-order valence-corrected chi connectivity index (χ0v) is 17.6. The highest BCUT2D eigenvalue weighted by Gasteiger charge is 2.19. The predicted molar refractivity (Wildman–Crippen MR) is 115 cm³/mol. The summed E-state index contributed by atoms with van der Waals surface area (Å²) >= 11 is 3.46. The van der Waals surface area contributed by atoms with E-state index in [4.69, 9.17) is 9.47 Å².